The van der Waals surface area contributed by atoms with Crippen LogP contribution in [0, 0.1) is 0 Å². The lowest BCUT2D eigenvalue weighted by molar-refractivity contribution is -0.305. The van der Waals surface area contributed by atoms with Gasteiger partial charge in [0.25, 0.3) is 5.91 Å². The summed E-state index contributed by atoms with van der Waals surface area (Å²) in [7, 11) is 0. The van der Waals surface area contributed by atoms with Gasteiger partial charge in [0.05, 0.1) is 4.91 Å². The van der Waals surface area contributed by atoms with Crippen LogP contribution < -0.4 is 10.4 Å². The van der Waals surface area contributed by atoms with Gasteiger partial charge in [-0.15, -0.1) is 0 Å². The monoisotopic (exact) mass is 375 g/mol. The molecule has 1 N–H and O–H groups in total. The van der Waals surface area contributed by atoms with Crippen molar-refractivity contribution in [3.8, 4) is 0 Å². The van der Waals surface area contributed by atoms with Gasteiger partial charge in [0, 0.05) is 18.9 Å². The van der Waals surface area contributed by atoms with Crippen LogP contribution >= 0.6 is 24.0 Å². The van der Waals surface area contributed by atoms with Crippen molar-refractivity contribution in [2.45, 2.75) is 6.42 Å². The summed E-state index contributed by atoms with van der Waals surface area (Å²) in [5.41, 5.74) is 1.00. The number of carbonyl (C=O) groups excluding carboxylic acids is 3. The number of carboxylic acid groups (broad SMARTS) is 1. The highest BCUT2D eigenvalue weighted by molar-refractivity contribution is 8.26. The molecule has 0 bridgehead atoms. The normalized spacial score (nSPS) is 16.0. The summed E-state index contributed by atoms with van der Waals surface area (Å²) >= 11 is 6.25. The number of carbonyl (C=O) groups is 3. The van der Waals surface area contributed by atoms with Gasteiger partial charge in [-0.2, -0.15) is 0 Å². The first-order chi connectivity index (χ1) is 12.0. The summed E-state index contributed by atoms with van der Waals surface area (Å²) in [5, 5.41) is 12.7. The molecular weight excluding hydrogens is 360 g/mol. The zero-order valence-electron chi connectivity index (χ0n) is 13.1. The molecule has 0 unspecified atom stereocenters. The number of carboxylic acids is 1. The molecule has 1 aliphatic heterocycles. The van der Waals surface area contributed by atoms with E-state index in [4.69, 9.17) is 12.2 Å². The summed E-state index contributed by atoms with van der Waals surface area (Å²) in [6, 6.07) is 9.62. The topological polar surface area (TPSA) is 89.5 Å². The van der Waals surface area contributed by atoms with Crippen LogP contribution in [-0.2, 0) is 14.4 Å². The van der Waals surface area contributed by atoms with E-state index in [1.807, 2.05) is 36.4 Å². The second kappa shape index (κ2) is 9.14. The molecule has 1 aromatic carbocycles. The molecule has 1 fully saturated rings. The third-order valence-corrected chi connectivity index (χ3v) is 4.56. The van der Waals surface area contributed by atoms with E-state index in [-0.39, 0.29) is 25.4 Å². The fourth-order valence-electron chi connectivity index (χ4n) is 1.96. The summed E-state index contributed by atoms with van der Waals surface area (Å²) < 4.78 is 0.291. The van der Waals surface area contributed by atoms with Gasteiger partial charge >= 0.3 is 0 Å². The molecule has 1 aliphatic rings. The molecule has 0 aliphatic carbocycles. The number of hydrogen-bond acceptors (Lipinski definition) is 6. The highest BCUT2D eigenvalue weighted by Crippen LogP contribution is 2.30. The van der Waals surface area contributed by atoms with Crippen molar-refractivity contribution in [1.82, 2.24) is 10.2 Å². The van der Waals surface area contributed by atoms with Gasteiger partial charge in [0.2, 0.25) is 5.91 Å². The van der Waals surface area contributed by atoms with Gasteiger partial charge in [-0.3, -0.25) is 14.5 Å². The predicted molar refractivity (Wildman–Crippen MR) is 98.1 cm³/mol. The summed E-state index contributed by atoms with van der Waals surface area (Å²) in [5.74, 6) is -2.07. The van der Waals surface area contributed by atoms with Gasteiger partial charge < -0.3 is 15.2 Å². The van der Waals surface area contributed by atoms with Crippen molar-refractivity contribution < 1.29 is 19.5 Å². The van der Waals surface area contributed by atoms with Gasteiger partial charge in [-0.1, -0.05) is 66.5 Å². The number of nitrogens with one attached hydrogen (secondary N) is 1. The number of aliphatic carboxylic acids is 1. The molecule has 2 amide bonds. The first-order valence-electron chi connectivity index (χ1n) is 7.41. The maximum atomic E-state index is 12.3. The Labute approximate surface area is 154 Å². The highest BCUT2D eigenvalue weighted by Gasteiger charge is 2.32. The molecule has 6 nitrogen and oxygen atoms in total. The van der Waals surface area contributed by atoms with Crippen molar-refractivity contribution >= 4 is 52.2 Å². The van der Waals surface area contributed by atoms with Crippen LogP contribution in [0.15, 0.2) is 47.4 Å². The van der Waals surface area contributed by atoms with Crippen molar-refractivity contribution in [2.75, 3.05) is 13.1 Å². The van der Waals surface area contributed by atoms with Crippen LogP contribution in [0.4, 0.5) is 0 Å². The average molecular weight is 375 g/mol. The Hall–Kier alpha value is -2.45. The van der Waals surface area contributed by atoms with Crippen molar-refractivity contribution in [1.29, 1.82) is 0 Å². The fraction of sp³-hybridized carbons (Fsp3) is 0.176. The van der Waals surface area contributed by atoms with E-state index in [0.29, 0.717) is 9.23 Å². The third-order valence-electron chi connectivity index (χ3n) is 3.16. The molecular formula is C17H15N2O4S2-. The minimum atomic E-state index is -1.25. The van der Waals surface area contributed by atoms with Crippen LogP contribution in [-0.4, -0.2) is 40.1 Å². The zero-order valence-corrected chi connectivity index (χ0v) is 14.8. The fourth-order valence-corrected chi connectivity index (χ4v) is 3.17. The first kappa shape index (κ1) is 18.9. The van der Waals surface area contributed by atoms with Crippen LogP contribution in [0.5, 0.6) is 0 Å². The van der Waals surface area contributed by atoms with Crippen LogP contribution in [0.2, 0.25) is 0 Å². The largest absolute Gasteiger partial charge is 0.550 e. The number of rotatable bonds is 7. The van der Waals surface area contributed by atoms with E-state index in [2.05, 4.69) is 5.32 Å². The standard InChI is InChI=1S/C17H16N2O4S2/c20-14(18-10-9-15(21)22)11-19-16(23)13(25-17(19)24)8-4-7-12-5-2-1-3-6-12/h1-8H,9-11H2,(H,18,20)(H,21,22)/p-1/b7-4+,13-8-. The Bertz CT molecular complexity index is 744. The smallest absolute Gasteiger partial charge is 0.266 e. The quantitative estimate of drug-likeness (QED) is 0.557. The van der Waals surface area contributed by atoms with Gasteiger partial charge in [0.15, 0.2) is 0 Å². The Morgan fingerprint density at radius 2 is 2.00 bits per heavy atom. The third kappa shape index (κ3) is 5.84. The highest BCUT2D eigenvalue weighted by atomic mass is 32.2. The molecule has 1 saturated heterocycles. The molecule has 0 spiro atoms. The maximum absolute atomic E-state index is 12.3. The summed E-state index contributed by atoms with van der Waals surface area (Å²) in [6.45, 7) is -0.289. The van der Waals surface area contributed by atoms with Crippen molar-refractivity contribution in [2.24, 2.45) is 0 Å². The Morgan fingerprint density at radius 1 is 1.28 bits per heavy atom. The van der Waals surface area contributed by atoms with E-state index < -0.39 is 11.9 Å². The Balaban J connectivity index is 1.92. The van der Waals surface area contributed by atoms with Crippen LogP contribution in [0.1, 0.15) is 12.0 Å². The van der Waals surface area contributed by atoms with Crippen molar-refractivity contribution in [3.63, 3.8) is 0 Å². The van der Waals surface area contributed by atoms with Gasteiger partial charge in [0.1, 0.15) is 10.9 Å². The van der Waals surface area contributed by atoms with E-state index in [0.717, 1.165) is 17.3 Å². The molecule has 0 saturated carbocycles. The zero-order chi connectivity index (χ0) is 18.2. The summed E-state index contributed by atoms with van der Waals surface area (Å²) in [6.07, 6.45) is 4.98. The second-order valence-corrected chi connectivity index (χ2v) is 6.71. The molecule has 0 radical (unpaired) electrons. The number of benzene rings is 1. The average Bonchev–Trinajstić information content (AvgIpc) is 2.83. The van der Waals surface area contributed by atoms with Crippen molar-refractivity contribution in [3.05, 3.63) is 53.0 Å². The number of thioether (sulfide) groups is 1. The summed E-state index contributed by atoms with van der Waals surface area (Å²) in [4.78, 5) is 36.0. The lowest BCUT2D eigenvalue weighted by Crippen LogP contribution is -2.40. The molecule has 1 heterocycles. The first-order valence-corrected chi connectivity index (χ1v) is 8.63. The van der Waals surface area contributed by atoms with Gasteiger partial charge in [-0.25, -0.2) is 0 Å². The molecule has 25 heavy (non-hydrogen) atoms. The van der Waals surface area contributed by atoms with Gasteiger partial charge in [-0.05, 0) is 11.6 Å². The minimum absolute atomic E-state index is 0.0500. The Morgan fingerprint density at radius 3 is 2.68 bits per heavy atom. The molecule has 8 heteroatoms. The molecule has 130 valence electrons. The van der Waals surface area contributed by atoms with E-state index in [1.165, 1.54) is 4.90 Å². The Kier molecular flexibility index (Phi) is 6.91. The maximum Gasteiger partial charge on any atom is 0.266 e. The SMILES string of the molecule is O=C([O-])CCNC(=O)CN1C(=O)/C(=C/C=C/c2ccccc2)SC1=S. The van der Waals surface area contributed by atoms with E-state index >= 15 is 0 Å². The molecule has 1 aromatic rings. The molecule has 0 atom stereocenters. The van der Waals surface area contributed by atoms with Crippen LogP contribution in [0.25, 0.3) is 6.08 Å². The molecule has 2 rings (SSSR count). The van der Waals surface area contributed by atoms with Crippen LogP contribution in [0.3, 0.4) is 0 Å². The number of nitrogens with zero attached hydrogens (tertiary/aromatic N) is 1. The number of hydrogen-bond donors (Lipinski definition) is 1. The predicted octanol–water partition coefficient (Wildman–Crippen LogP) is 0.700. The number of amides is 2. The molecule has 0 aromatic heterocycles. The van der Waals surface area contributed by atoms with E-state index in [1.54, 1.807) is 12.2 Å². The number of allylic oxidation sites excluding steroid dienone is 2. The number of thiocarbonyl (C=S) groups is 1. The van der Waals surface area contributed by atoms with E-state index in [9.17, 15) is 19.5 Å². The lowest BCUT2D eigenvalue weighted by atomic mass is 10.2. The lowest BCUT2D eigenvalue weighted by Gasteiger charge is -2.14. The second-order valence-electron chi connectivity index (χ2n) is 5.03. The minimum Gasteiger partial charge on any atom is -0.550 e.